The van der Waals surface area contributed by atoms with Crippen molar-refractivity contribution < 1.29 is 10.0 Å². The Kier molecular flexibility index (Phi) is 4.61. The van der Waals surface area contributed by atoms with Crippen LogP contribution in [0.2, 0.25) is 0 Å². The minimum Gasteiger partial charge on any atom is -0.409 e. The molecule has 5 heteroatoms. The van der Waals surface area contributed by atoms with E-state index in [1.807, 2.05) is 0 Å². The highest BCUT2D eigenvalue weighted by atomic mass is 16.4. The van der Waals surface area contributed by atoms with Crippen LogP contribution in [0.5, 0.6) is 0 Å². The maximum atomic E-state index is 12.2. The van der Waals surface area contributed by atoms with E-state index in [1.54, 1.807) is 36.2 Å². The molecular formula is C15H21N3O2. The number of hydrogen-bond donors (Lipinski definition) is 2. The fourth-order valence-electron chi connectivity index (χ4n) is 2.66. The van der Waals surface area contributed by atoms with Crippen LogP contribution in [-0.4, -0.2) is 24.0 Å². The van der Waals surface area contributed by atoms with Crippen LogP contribution in [0.15, 0.2) is 29.4 Å². The molecule has 3 N–H and O–H groups in total. The highest BCUT2D eigenvalue weighted by Crippen LogP contribution is 2.28. The number of oxime groups is 1. The normalized spacial score (nSPS) is 16.4. The van der Waals surface area contributed by atoms with E-state index in [-0.39, 0.29) is 11.7 Å². The van der Waals surface area contributed by atoms with Gasteiger partial charge in [-0.2, -0.15) is 0 Å². The molecule has 1 aliphatic carbocycles. The number of carbonyl (C=O) groups excluding carboxylic acids is 1. The summed E-state index contributed by atoms with van der Waals surface area (Å²) in [4.78, 5) is 13.9. The number of rotatable bonds is 4. The Labute approximate surface area is 119 Å². The molecule has 108 valence electrons. The number of amidine groups is 1. The number of hydrogen-bond acceptors (Lipinski definition) is 3. The summed E-state index contributed by atoms with van der Waals surface area (Å²) in [5.41, 5.74) is 6.96. The molecule has 0 unspecified atom stereocenters. The van der Waals surface area contributed by atoms with Gasteiger partial charge in [0.25, 0.3) is 0 Å². The lowest BCUT2D eigenvalue weighted by atomic mass is 10.0. The summed E-state index contributed by atoms with van der Waals surface area (Å²) in [6, 6.07) is 7.09. The lowest BCUT2D eigenvalue weighted by Gasteiger charge is -2.19. The fraction of sp³-hybridized carbons (Fsp3) is 0.467. The molecule has 1 aromatic rings. The second-order valence-electron chi connectivity index (χ2n) is 5.34. The Morgan fingerprint density at radius 2 is 1.95 bits per heavy atom. The van der Waals surface area contributed by atoms with Crippen LogP contribution in [-0.2, 0) is 4.79 Å². The van der Waals surface area contributed by atoms with Crippen molar-refractivity contribution in [3.8, 4) is 0 Å². The summed E-state index contributed by atoms with van der Waals surface area (Å²) >= 11 is 0. The number of nitrogens with zero attached hydrogens (tertiary/aromatic N) is 2. The Hall–Kier alpha value is -2.04. The van der Waals surface area contributed by atoms with Gasteiger partial charge in [-0.25, -0.2) is 0 Å². The molecule has 0 atom stereocenters. The van der Waals surface area contributed by atoms with Gasteiger partial charge in [-0.1, -0.05) is 18.0 Å². The zero-order valence-electron chi connectivity index (χ0n) is 11.7. The third-order valence-corrected chi connectivity index (χ3v) is 3.97. The number of benzene rings is 1. The van der Waals surface area contributed by atoms with E-state index in [2.05, 4.69) is 5.16 Å². The summed E-state index contributed by atoms with van der Waals surface area (Å²) in [6.45, 7) is 0. The van der Waals surface area contributed by atoms with Gasteiger partial charge in [-0.3, -0.25) is 4.79 Å². The van der Waals surface area contributed by atoms with Crippen LogP contribution < -0.4 is 10.6 Å². The van der Waals surface area contributed by atoms with Crippen molar-refractivity contribution >= 4 is 17.4 Å². The van der Waals surface area contributed by atoms with Gasteiger partial charge in [0.1, 0.15) is 0 Å². The molecular weight excluding hydrogens is 254 g/mol. The average molecular weight is 275 g/mol. The van der Waals surface area contributed by atoms with Crippen molar-refractivity contribution in [2.24, 2.45) is 16.8 Å². The number of anilines is 1. The number of nitrogens with two attached hydrogens (primary N) is 1. The van der Waals surface area contributed by atoms with Gasteiger partial charge in [-0.05, 0) is 43.0 Å². The molecule has 1 fully saturated rings. The van der Waals surface area contributed by atoms with Crippen molar-refractivity contribution in [1.29, 1.82) is 0 Å². The molecule has 1 aromatic carbocycles. The predicted molar refractivity (Wildman–Crippen MR) is 78.9 cm³/mol. The zero-order chi connectivity index (χ0) is 14.5. The first-order chi connectivity index (χ1) is 9.61. The van der Waals surface area contributed by atoms with Crippen molar-refractivity contribution in [2.45, 2.75) is 32.1 Å². The molecule has 0 heterocycles. The highest BCUT2D eigenvalue weighted by molar-refractivity contribution is 5.98. The second kappa shape index (κ2) is 6.41. The molecule has 1 amide bonds. The summed E-state index contributed by atoms with van der Waals surface area (Å²) < 4.78 is 0. The van der Waals surface area contributed by atoms with E-state index in [9.17, 15) is 4.79 Å². The van der Waals surface area contributed by atoms with Gasteiger partial charge in [0.15, 0.2) is 5.84 Å². The standard InChI is InChI=1S/C15H21N3O2/c1-18(14(19)10-11-4-2-3-5-11)13-8-6-12(7-9-13)15(16)17-20/h6-9,11,20H,2-5,10H2,1H3,(H2,16,17). The summed E-state index contributed by atoms with van der Waals surface area (Å²) in [6.07, 6.45) is 5.45. The van der Waals surface area contributed by atoms with Crippen molar-refractivity contribution in [3.05, 3.63) is 29.8 Å². The van der Waals surface area contributed by atoms with Crippen LogP contribution >= 0.6 is 0 Å². The number of carbonyl (C=O) groups is 1. The van der Waals surface area contributed by atoms with Crippen molar-refractivity contribution in [3.63, 3.8) is 0 Å². The highest BCUT2D eigenvalue weighted by Gasteiger charge is 2.21. The van der Waals surface area contributed by atoms with E-state index in [0.29, 0.717) is 17.9 Å². The topological polar surface area (TPSA) is 78.9 Å². The van der Waals surface area contributed by atoms with Crippen LogP contribution in [0.1, 0.15) is 37.7 Å². The van der Waals surface area contributed by atoms with Gasteiger partial charge < -0.3 is 15.8 Å². The Bertz CT molecular complexity index is 490. The van der Waals surface area contributed by atoms with Gasteiger partial charge >= 0.3 is 0 Å². The third kappa shape index (κ3) is 3.29. The second-order valence-corrected chi connectivity index (χ2v) is 5.34. The molecule has 0 saturated heterocycles. The largest absolute Gasteiger partial charge is 0.409 e. The fourth-order valence-corrected chi connectivity index (χ4v) is 2.66. The maximum absolute atomic E-state index is 12.2. The lowest BCUT2D eigenvalue weighted by molar-refractivity contribution is -0.119. The number of amides is 1. The molecule has 20 heavy (non-hydrogen) atoms. The molecule has 0 bridgehead atoms. The van der Waals surface area contributed by atoms with E-state index in [0.717, 1.165) is 5.69 Å². The molecule has 0 aliphatic heterocycles. The molecule has 0 radical (unpaired) electrons. The Morgan fingerprint density at radius 3 is 2.50 bits per heavy atom. The first-order valence-electron chi connectivity index (χ1n) is 6.96. The first-order valence-corrected chi connectivity index (χ1v) is 6.96. The monoisotopic (exact) mass is 275 g/mol. The van der Waals surface area contributed by atoms with Crippen LogP contribution in [0.25, 0.3) is 0 Å². The Morgan fingerprint density at radius 1 is 1.35 bits per heavy atom. The van der Waals surface area contributed by atoms with Crippen LogP contribution in [0, 0.1) is 5.92 Å². The van der Waals surface area contributed by atoms with Crippen LogP contribution in [0.4, 0.5) is 5.69 Å². The first kappa shape index (κ1) is 14.4. The van der Waals surface area contributed by atoms with Gasteiger partial charge in [0.05, 0.1) is 0 Å². The van der Waals surface area contributed by atoms with Gasteiger partial charge in [0.2, 0.25) is 5.91 Å². The van der Waals surface area contributed by atoms with E-state index in [4.69, 9.17) is 10.9 Å². The quantitative estimate of drug-likeness (QED) is 0.383. The lowest BCUT2D eigenvalue weighted by Crippen LogP contribution is -2.27. The smallest absolute Gasteiger partial charge is 0.226 e. The predicted octanol–water partition coefficient (Wildman–Crippen LogP) is 2.32. The molecule has 1 aliphatic rings. The average Bonchev–Trinajstić information content (AvgIpc) is 2.98. The molecule has 0 aromatic heterocycles. The minimum atomic E-state index is 0.0662. The molecule has 0 spiro atoms. The summed E-state index contributed by atoms with van der Waals surface area (Å²) in [7, 11) is 1.79. The summed E-state index contributed by atoms with van der Waals surface area (Å²) in [5, 5.41) is 11.6. The SMILES string of the molecule is CN(C(=O)CC1CCCC1)c1ccc(C(N)=NO)cc1. The molecule has 1 saturated carbocycles. The third-order valence-electron chi connectivity index (χ3n) is 3.97. The molecule has 5 nitrogen and oxygen atoms in total. The van der Waals surface area contributed by atoms with E-state index in [1.165, 1.54) is 25.7 Å². The van der Waals surface area contributed by atoms with Crippen molar-refractivity contribution in [2.75, 3.05) is 11.9 Å². The van der Waals surface area contributed by atoms with E-state index < -0.39 is 0 Å². The zero-order valence-corrected chi connectivity index (χ0v) is 11.7. The molecule has 2 rings (SSSR count). The van der Waals surface area contributed by atoms with Crippen LogP contribution in [0.3, 0.4) is 0 Å². The Balaban J connectivity index is 2.00. The maximum Gasteiger partial charge on any atom is 0.226 e. The summed E-state index contributed by atoms with van der Waals surface area (Å²) in [5.74, 6) is 0.756. The van der Waals surface area contributed by atoms with Gasteiger partial charge in [-0.15, -0.1) is 0 Å². The van der Waals surface area contributed by atoms with Crippen molar-refractivity contribution in [1.82, 2.24) is 0 Å². The van der Waals surface area contributed by atoms with Gasteiger partial charge in [0, 0.05) is 24.7 Å². The van der Waals surface area contributed by atoms with E-state index >= 15 is 0 Å². The minimum absolute atomic E-state index is 0.0662.